The topological polar surface area (TPSA) is 63.2 Å². The summed E-state index contributed by atoms with van der Waals surface area (Å²) in [6, 6.07) is 19.0. The van der Waals surface area contributed by atoms with E-state index < -0.39 is 0 Å². The highest BCUT2D eigenvalue weighted by atomic mass is 16.5. The Kier molecular flexibility index (Phi) is 5.71. The van der Waals surface area contributed by atoms with Crippen LogP contribution in [0.4, 0.5) is 17.2 Å². The molecule has 0 atom stereocenters. The second-order valence-electron chi connectivity index (χ2n) is 6.52. The maximum Gasteiger partial charge on any atom is 0.257 e. The standard InChI is InChI=1S/C22H23N3O2/c1-15(2)16-4-7-19(8-5-16)25-22(26)17-6-13-21(23-14-17)24-18-9-11-20(27-3)12-10-18/h4-15H,1-3H3,(H,23,24)(H,25,26). The van der Waals surface area contributed by atoms with E-state index in [1.165, 1.54) is 5.56 Å². The number of hydrogen-bond donors (Lipinski definition) is 2. The van der Waals surface area contributed by atoms with Crippen molar-refractivity contribution in [2.75, 3.05) is 17.7 Å². The first-order valence-electron chi connectivity index (χ1n) is 8.83. The molecule has 0 spiro atoms. The van der Waals surface area contributed by atoms with E-state index in [0.29, 0.717) is 17.3 Å². The molecule has 0 saturated carbocycles. The van der Waals surface area contributed by atoms with Gasteiger partial charge in [-0.05, 0) is 60.0 Å². The van der Waals surface area contributed by atoms with Crippen molar-refractivity contribution >= 4 is 23.1 Å². The summed E-state index contributed by atoms with van der Waals surface area (Å²) in [5.74, 6) is 1.74. The van der Waals surface area contributed by atoms with Crippen molar-refractivity contribution < 1.29 is 9.53 Å². The highest BCUT2D eigenvalue weighted by Crippen LogP contribution is 2.20. The number of amides is 1. The van der Waals surface area contributed by atoms with E-state index in [1.807, 2.05) is 48.5 Å². The quantitative estimate of drug-likeness (QED) is 0.633. The average molecular weight is 361 g/mol. The third-order valence-corrected chi connectivity index (χ3v) is 4.22. The van der Waals surface area contributed by atoms with Crippen LogP contribution in [-0.2, 0) is 0 Å². The van der Waals surface area contributed by atoms with Gasteiger partial charge in [0.05, 0.1) is 12.7 Å². The molecule has 5 heteroatoms. The number of ether oxygens (including phenoxy) is 1. The van der Waals surface area contributed by atoms with Crippen LogP contribution in [0, 0.1) is 0 Å². The summed E-state index contributed by atoms with van der Waals surface area (Å²) in [5, 5.41) is 6.08. The van der Waals surface area contributed by atoms with Crippen LogP contribution in [0.5, 0.6) is 5.75 Å². The lowest BCUT2D eigenvalue weighted by Gasteiger charge is -2.09. The largest absolute Gasteiger partial charge is 0.497 e. The van der Waals surface area contributed by atoms with Gasteiger partial charge in [0.1, 0.15) is 11.6 Å². The molecule has 2 aromatic carbocycles. The summed E-state index contributed by atoms with van der Waals surface area (Å²) in [4.78, 5) is 16.7. The normalized spacial score (nSPS) is 10.5. The van der Waals surface area contributed by atoms with Gasteiger partial charge in [0.25, 0.3) is 5.91 Å². The fourth-order valence-corrected chi connectivity index (χ4v) is 2.58. The van der Waals surface area contributed by atoms with Crippen molar-refractivity contribution in [3.05, 3.63) is 78.0 Å². The summed E-state index contributed by atoms with van der Waals surface area (Å²) in [6.45, 7) is 4.28. The summed E-state index contributed by atoms with van der Waals surface area (Å²) in [7, 11) is 1.63. The summed E-state index contributed by atoms with van der Waals surface area (Å²) >= 11 is 0. The van der Waals surface area contributed by atoms with E-state index >= 15 is 0 Å². The summed E-state index contributed by atoms with van der Waals surface area (Å²) in [6.07, 6.45) is 1.56. The third-order valence-electron chi connectivity index (χ3n) is 4.22. The van der Waals surface area contributed by atoms with Gasteiger partial charge in [0, 0.05) is 17.6 Å². The number of rotatable bonds is 6. The Hall–Kier alpha value is -3.34. The molecule has 0 unspecified atom stereocenters. The summed E-state index contributed by atoms with van der Waals surface area (Å²) in [5.41, 5.74) is 3.41. The van der Waals surface area contributed by atoms with E-state index in [0.717, 1.165) is 17.1 Å². The molecule has 0 aliphatic rings. The zero-order valence-electron chi connectivity index (χ0n) is 15.7. The summed E-state index contributed by atoms with van der Waals surface area (Å²) < 4.78 is 5.14. The van der Waals surface area contributed by atoms with Crippen LogP contribution < -0.4 is 15.4 Å². The SMILES string of the molecule is COc1ccc(Nc2ccc(C(=O)Nc3ccc(C(C)C)cc3)cn2)cc1. The van der Waals surface area contributed by atoms with Crippen molar-refractivity contribution in [2.24, 2.45) is 0 Å². The molecule has 1 amide bonds. The minimum Gasteiger partial charge on any atom is -0.497 e. The molecule has 2 N–H and O–H groups in total. The van der Waals surface area contributed by atoms with Gasteiger partial charge >= 0.3 is 0 Å². The zero-order chi connectivity index (χ0) is 19.2. The molecule has 1 heterocycles. The highest BCUT2D eigenvalue weighted by Gasteiger charge is 2.08. The van der Waals surface area contributed by atoms with Gasteiger partial charge in [0.15, 0.2) is 0 Å². The molecule has 0 bridgehead atoms. The first-order valence-corrected chi connectivity index (χ1v) is 8.83. The Balaban J connectivity index is 1.62. The Morgan fingerprint density at radius 3 is 2.15 bits per heavy atom. The van der Waals surface area contributed by atoms with E-state index in [4.69, 9.17) is 4.74 Å². The van der Waals surface area contributed by atoms with E-state index in [2.05, 4.69) is 29.5 Å². The number of hydrogen-bond acceptors (Lipinski definition) is 4. The van der Waals surface area contributed by atoms with Crippen molar-refractivity contribution in [1.82, 2.24) is 4.98 Å². The number of methoxy groups -OCH3 is 1. The lowest BCUT2D eigenvalue weighted by molar-refractivity contribution is 0.102. The van der Waals surface area contributed by atoms with Gasteiger partial charge < -0.3 is 15.4 Å². The van der Waals surface area contributed by atoms with Crippen molar-refractivity contribution in [2.45, 2.75) is 19.8 Å². The zero-order valence-corrected chi connectivity index (χ0v) is 15.7. The molecule has 3 rings (SSSR count). The Bertz CT molecular complexity index is 886. The molecule has 5 nitrogen and oxygen atoms in total. The molecule has 1 aromatic heterocycles. The second kappa shape index (κ2) is 8.36. The van der Waals surface area contributed by atoms with Gasteiger partial charge in [-0.15, -0.1) is 0 Å². The molecule has 0 aliphatic heterocycles. The predicted octanol–water partition coefficient (Wildman–Crippen LogP) is 5.21. The molecule has 0 saturated heterocycles. The number of nitrogens with zero attached hydrogens (tertiary/aromatic N) is 1. The van der Waals surface area contributed by atoms with Crippen molar-refractivity contribution in [3.8, 4) is 5.75 Å². The van der Waals surface area contributed by atoms with E-state index in [-0.39, 0.29) is 5.91 Å². The molecule has 138 valence electrons. The van der Waals surface area contributed by atoms with Gasteiger partial charge in [-0.2, -0.15) is 0 Å². The molecular formula is C22H23N3O2. The molecule has 3 aromatic rings. The number of carbonyl (C=O) groups is 1. The Morgan fingerprint density at radius 2 is 1.59 bits per heavy atom. The number of aromatic nitrogens is 1. The maximum atomic E-state index is 12.4. The number of nitrogens with one attached hydrogen (secondary N) is 2. The Labute approximate surface area is 159 Å². The van der Waals surface area contributed by atoms with Gasteiger partial charge in [-0.1, -0.05) is 26.0 Å². The van der Waals surface area contributed by atoms with Crippen LogP contribution in [0.15, 0.2) is 66.9 Å². The van der Waals surface area contributed by atoms with E-state index in [9.17, 15) is 4.79 Å². The number of carbonyl (C=O) groups excluding carboxylic acids is 1. The number of benzene rings is 2. The maximum absolute atomic E-state index is 12.4. The van der Waals surface area contributed by atoms with Gasteiger partial charge in [0.2, 0.25) is 0 Å². The molecular weight excluding hydrogens is 338 g/mol. The van der Waals surface area contributed by atoms with E-state index in [1.54, 1.807) is 25.4 Å². The minimum atomic E-state index is -0.184. The van der Waals surface area contributed by atoms with Crippen LogP contribution >= 0.6 is 0 Å². The van der Waals surface area contributed by atoms with Crippen molar-refractivity contribution in [1.29, 1.82) is 0 Å². The fourth-order valence-electron chi connectivity index (χ4n) is 2.58. The van der Waals surface area contributed by atoms with Crippen LogP contribution in [0.2, 0.25) is 0 Å². The van der Waals surface area contributed by atoms with Crippen LogP contribution in [0.25, 0.3) is 0 Å². The lowest BCUT2D eigenvalue weighted by Crippen LogP contribution is -2.12. The number of anilines is 3. The number of pyridine rings is 1. The highest BCUT2D eigenvalue weighted by molar-refractivity contribution is 6.04. The first kappa shape index (κ1) is 18.5. The molecule has 0 radical (unpaired) electrons. The molecule has 0 fully saturated rings. The second-order valence-corrected chi connectivity index (χ2v) is 6.52. The van der Waals surface area contributed by atoms with Gasteiger partial charge in [-0.25, -0.2) is 4.98 Å². The first-order chi connectivity index (χ1) is 13.0. The van der Waals surface area contributed by atoms with Crippen LogP contribution in [-0.4, -0.2) is 18.0 Å². The average Bonchev–Trinajstić information content (AvgIpc) is 2.69. The smallest absolute Gasteiger partial charge is 0.257 e. The third kappa shape index (κ3) is 4.85. The fraction of sp³-hybridized carbons (Fsp3) is 0.182. The van der Waals surface area contributed by atoms with Crippen LogP contribution in [0.1, 0.15) is 35.7 Å². The monoisotopic (exact) mass is 361 g/mol. The predicted molar refractivity (Wildman–Crippen MR) is 109 cm³/mol. The van der Waals surface area contributed by atoms with Crippen molar-refractivity contribution in [3.63, 3.8) is 0 Å². The Morgan fingerprint density at radius 1 is 0.926 bits per heavy atom. The van der Waals surface area contributed by atoms with Gasteiger partial charge in [-0.3, -0.25) is 4.79 Å². The molecule has 0 aliphatic carbocycles. The lowest BCUT2D eigenvalue weighted by atomic mass is 10.0. The minimum absolute atomic E-state index is 0.184. The molecule has 27 heavy (non-hydrogen) atoms. The van der Waals surface area contributed by atoms with Crippen LogP contribution in [0.3, 0.4) is 0 Å².